The lowest BCUT2D eigenvalue weighted by Gasteiger charge is -2.38. The van der Waals surface area contributed by atoms with Gasteiger partial charge in [-0.2, -0.15) is 0 Å². The maximum absolute atomic E-state index is 3.78. The van der Waals surface area contributed by atoms with Crippen molar-refractivity contribution in [2.45, 2.75) is 88.2 Å². The van der Waals surface area contributed by atoms with Crippen molar-refractivity contribution < 1.29 is 0 Å². The van der Waals surface area contributed by atoms with Crippen LogP contribution in [0, 0.1) is 22.7 Å². The third-order valence-electron chi connectivity index (χ3n) is 4.32. The third kappa shape index (κ3) is 10.6. The molecule has 3 atom stereocenters. The monoisotopic (exact) mass is 312 g/mol. The van der Waals surface area contributed by atoms with Crippen molar-refractivity contribution >= 4 is 0 Å². The van der Waals surface area contributed by atoms with Crippen LogP contribution in [0.4, 0.5) is 0 Å². The lowest BCUT2D eigenvalue weighted by Crippen LogP contribution is -2.47. The lowest BCUT2D eigenvalue weighted by atomic mass is 9.90. The number of nitrogens with zero attached hydrogens (tertiary/aromatic N) is 1. The predicted octanol–water partition coefficient (Wildman–Crippen LogP) is 5.04. The third-order valence-corrected chi connectivity index (χ3v) is 4.32. The molecule has 3 unspecified atom stereocenters. The first-order valence-corrected chi connectivity index (χ1v) is 9.19. The van der Waals surface area contributed by atoms with Gasteiger partial charge in [-0.05, 0) is 36.5 Å². The van der Waals surface area contributed by atoms with Crippen LogP contribution >= 0.6 is 0 Å². The van der Waals surface area contributed by atoms with Crippen LogP contribution in [0.1, 0.15) is 76.2 Å². The molecule has 22 heavy (non-hydrogen) atoms. The van der Waals surface area contributed by atoms with Crippen LogP contribution in [-0.4, -0.2) is 36.6 Å². The Labute approximate surface area is 141 Å². The highest BCUT2D eigenvalue weighted by molar-refractivity contribution is 4.80. The van der Waals surface area contributed by atoms with E-state index in [2.05, 4.69) is 86.4 Å². The largest absolute Gasteiger partial charge is 0.311 e. The standard InChI is InChI=1S/C20H44N2/c1-15(2)17(4)21-18(5)16(3)12-22(13-19(6,7)8)14-20(9,10)11/h15-18,21H,12-14H2,1-11H3. The van der Waals surface area contributed by atoms with E-state index >= 15 is 0 Å². The Morgan fingerprint density at radius 2 is 1.14 bits per heavy atom. The first kappa shape index (κ1) is 21.9. The maximum atomic E-state index is 3.78. The minimum Gasteiger partial charge on any atom is -0.311 e. The Bertz CT molecular complexity index is 280. The molecule has 0 rings (SSSR count). The van der Waals surface area contributed by atoms with E-state index in [1.807, 2.05) is 0 Å². The zero-order chi connectivity index (χ0) is 17.7. The molecule has 0 aromatic carbocycles. The van der Waals surface area contributed by atoms with Gasteiger partial charge in [0.15, 0.2) is 0 Å². The zero-order valence-electron chi connectivity index (χ0n) is 17.4. The molecule has 0 spiro atoms. The summed E-state index contributed by atoms with van der Waals surface area (Å²) in [4.78, 5) is 2.67. The molecule has 0 amide bonds. The van der Waals surface area contributed by atoms with E-state index in [1.165, 1.54) is 19.6 Å². The summed E-state index contributed by atoms with van der Waals surface area (Å²) in [6, 6.07) is 1.14. The first-order valence-electron chi connectivity index (χ1n) is 9.19. The van der Waals surface area contributed by atoms with Crippen molar-refractivity contribution in [3.05, 3.63) is 0 Å². The molecule has 0 aromatic heterocycles. The van der Waals surface area contributed by atoms with E-state index in [0.717, 1.165) is 0 Å². The second-order valence-corrected chi connectivity index (χ2v) is 10.3. The fourth-order valence-corrected chi connectivity index (χ4v) is 2.86. The van der Waals surface area contributed by atoms with Gasteiger partial charge in [0.05, 0.1) is 0 Å². The van der Waals surface area contributed by atoms with Gasteiger partial charge in [0.25, 0.3) is 0 Å². The van der Waals surface area contributed by atoms with Crippen molar-refractivity contribution in [2.24, 2.45) is 22.7 Å². The molecule has 0 aromatic rings. The molecule has 0 fully saturated rings. The van der Waals surface area contributed by atoms with Crippen LogP contribution in [0.15, 0.2) is 0 Å². The normalized spacial score (nSPS) is 17.9. The van der Waals surface area contributed by atoms with Crippen LogP contribution in [0.2, 0.25) is 0 Å². The van der Waals surface area contributed by atoms with Crippen molar-refractivity contribution in [1.29, 1.82) is 0 Å². The summed E-state index contributed by atoms with van der Waals surface area (Å²) in [5.74, 6) is 1.35. The van der Waals surface area contributed by atoms with Crippen molar-refractivity contribution in [3.63, 3.8) is 0 Å². The highest BCUT2D eigenvalue weighted by Crippen LogP contribution is 2.22. The summed E-state index contributed by atoms with van der Waals surface area (Å²) in [5, 5.41) is 3.78. The quantitative estimate of drug-likeness (QED) is 0.675. The molecule has 0 saturated carbocycles. The summed E-state index contributed by atoms with van der Waals surface area (Å²) < 4.78 is 0. The molecular formula is C20H44N2. The average Bonchev–Trinajstić information content (AvgIpc) is 2.23. The smallest absolute Gasteiger partial charge is 0.00791 e. The van der Waals surface area contributed by atoms with Gasteiger partial charge in [0, 0.05) is 31.7 Å². The lowest BCUT2D eigenvalue weighted by molar-refractivity contribution is 0.115. The topological polar surface area (TPSA) is 15.3 Å². The SMILES string of the molecule is CC(C)C(C)NC(C)C(C)CN(CC(C)(C)C)CC(C)(C)C. The van der Waals surface area contributed by atoms with Gasteiger partial charge in [-0.1, -0.05) is 62.3 Å². The molecule has 0 aliphatic heterocycles. The second kappa shape index (κ2) is 8.68. The minimum absolute atomic E-state index is 0.354. The molecule has 2 nitrogen and oxygen atoms in total. The first-order chi connectivity index (χ1) is 9.71. The number of nitrogens with one attached hydrogen (secondary N) is 1. The Kier molecular flexibility index (Phi) is 8.65. The number of hydrogen-bond acceptors (Lipinski definition) is 2. The van der Waals surface area contributed by atoms with Gasteiger partial charge in [0.1, 0.15) is 0 Å². The highest BCUT2D eigenvalue weighted by atomic mass is 15.1. The van der Waals surface area contributed by atoms with Gasteiger partial charge < -0.3 is 10.2 Å². The van der Waals surface area contributed by atoms with Crippen molar-refractivity contribution in [2.75, 3.05) is 19.6 Å². The fourth-order valence-electron chi connectivity index (χ4n) is 2.86. The molecule has 134 valence electrons. The van der Waals surface area contributed by atoms with Crippen LogP contribution in [-0.2, 0) is 0 Å². The molecule has 0 bridgehead atoms. The van der Waals surface area contributed by atoms with Crippen LogP contribution in [0.5, 0.6) is 0 Å². The molecule has 0 aliphatic carbocycles. The van der Waals surface area contributed by atoms with Gasteiger partial charge in [0.2, 0.25) is 0 Å². The van der Waals surface area contributed by atoms with E-state index in [1.54, 1.807) is 0 Å². The molecule has 2 heteroatoms. The van der Waals surface area contributed by atoms with E-state index in [-0.39, 0.29) is 0 Å². The van der Waals surface area contributed by atoms with E-state index in [9.17, 15) is 0 Å². The Morgan fingerprint density at radius 3 is 1.45 bits per heavy atom. The van der Waals surface area contributed by atoms with Crippen LogP contribution < -0.4 is 5.32 Å². The van der Waals surface area contributed by atoms with Crippen LogP contribution in [0.25, 0.3) is 0 Å². The van der Waals surface area contributed by atoms with Crippen LogP contribution in [0.3, 0.4) is 0 Å². The summed E-state index contributed by atoms with van der Waals surface area (Å²) in [5.41, 5.74) is 0.708. The predicted molar refractivity (Wildman–Crippen MR) is 101 cm³/mol. The molecule has 0 aliphatic rings. The minimum atomic E-state index is 0.354. The van der Waals surface area contributed by atoms with Gasteiger partial charge >= 0.3 is 0 Å². The highest BCUT2D eigenvalue weighted by Gasteiger charge is 2.25. The Morgan fingerprint density at radius 1 is 0.727 bits per heavy atom. The van der Waals surface area contributed by atoms with Crippen molar-refractivity contribution in [1.82, 2.24) is 10.2 Å². The second-order valence-electron chi connectivity index (χ2n) is 10.3. The Hall–Kier alpha value is -0.0800. The number of rotatable bonds is 8. The maximum Gasteiger partial charge on any atom is 0.00791 e. The van der Waals surface area contributed by atoms with Gasteiger partial charge in [-0.3, -0.25) is 0 Å². The summed E-state index contributed by atoms with van der Waals surface area (Å²) in [7, 11) is 0. The molecular weight excluding hydrogens is 268 g/mol. The molecule has 0 radical (unpaired) electrons. The Balaban J connectivity index is 4.69. The van der Waals surface area contributed by atoms with E-state index < -0.39 is 0 Å². The van der Waals surface area contributed by atoms with E-state index in [4.69, 9.17) is 0 Å². The summed E-state index contributed by atoms with van der Waals surface area (Å²) >= 11 is 0. The summed E-state index contributed by atoms with van der Waals surface area (Å²) in [6.45, 7) is 29.2. The zero-order valence-corrected chi connectivity index (χ0v) is 17.4. The van der Waals surface area contributed by atoms with E-state index in [0.29, 0.717) is 34.7 Å². The molecule has 1 N–H and O–H groups in total. The molecule has 0 heterocycles. The molecule has 0 saturated heterocycles. The fraction of sp³-hybridized carbons (Fsp3) is 1.00. The van der Waals surface area contributed by atoms with Gasteiger partial charge in [-0.15, -0.1) is 0 Å². The summed E-state index contributed by atoms with van der Waals surface area (Å²) in [6.07, 6.45) is 0. The van der Waals surface area contributed by atoms with Crippen molar-refractivity contribution in [3.8, 4) is 0 Å². The van der Waals surface area contributed by atoms with Gasteiger partial charge in [-0.25, -0.2) is 0 Å². The number of hydrogen-bond donors (Lipinski definition) is 1. The average molecular weight is 313 g/mol.